The Bertz CT molecular complexity index is 522. The number of cyclic esters (lactones) is 1. The summed E-state index contributed by atoms with van der Waals surface area (Å²) in [6, 6.07) is 9.83. The molecule has 3 heteroatoms. The van der Waals surface area contributed by atoms with Gasteiger partial charge in [-0.2, -0.15) is 0 Å². The van der Waals surface area contributed by atoms with Crippen molar-refractivity contribution in [2.45, 2.75) is 33.7 Å². The number of hydrogen-bond acceptors (Lipinski definition) is 3. The van der Waals surface area contributed by atoms with Crippen LogP contribution in [0.2, 0.25) is 0 Å². The Morgan fingerprint density at radius 3 is 2.63 bits per heavy atom. The molecule has 0 spiro atoms. The van der Waals surface area contributed by atoms with Crippen LogP contribution in [0.5, 0.6) is 0 Å². The maximum atomic E-state index is 11.6. The minimum Gasteiger partial charge on any atom is -0.428 e. The molecule has 1 heterocycles. The fourth-order valence-corrected chi connectivity index (χ4v) is 1.90. The van der Waals surface area contributed by atoms with Crippen LogP contribution in [0, 0.1) is 0 Å². The van der Waals surface area contributed by atoms with E-state index in [1.165, 1.54) is 0 Å². The number of allylic oxidation sites excluding steroid dienone is 1. The second-order valence-corrected chi connectivity index (χ2v) is 4.84. The lowest BCUT2D eigenvalue weighted by Gasteiger charge is -2.13. The van der Waals surface area contributed by atoms with E-state index in [9.17, 15) is 4.79 Å². The third-order valence-electron chi connectivity index (χ3n) is 2.90. The molecule has 0 bridgehead atoms. The zero-order valence-corrected chi connectivity index (χ0v) is 11.5. The van der Waals surface area contributed by atoms with E-state index in [2.05, 4.69) is 0 Å². The van der Waals surface area contributed by atoms with Crippen LogP contribution in [0.25, 0.3) is 0 Å². The second kappa shape index (κ2) is 5.85. The Kier molecular flexibility index (Phi) is 4.17. The van der Waals surface area contributed by atoms with E-state index in [4.69, 9.17) is 9.47 Å². The number of hydrogen-bond donors (Lipinski definition) is 0. The summed E-state index contributed by atoms with van der Waals surface area (Å²) in [6.07, 6.45) is 1.35. The molecule has 100 valence electrons. The molecule has 0 radical (unpaired) electrons. The van der Waals surface area contributed by atoms with Gasteiger partial charge in [0.25, 0.3) is 0 Å². The van der Waals surface area contributed by atoms with Gasteiger partial charge in [-0.15, -0.1) is 0 Å². The molecule has 2 rings (SSSR count). The average molecular weight is 258 g/mol. The quantitative estimate of drug-likeness (QED) is 0.777. The van der Waals surface area contributed by atoms with E-state index in [-0.39, 0.29) is 5.97 Å². The molecule has 0 N–H and O–H groups in total. The normalized spacial score (nSPS) is 18.5. The van der Waals surface area contributed by atoms with Crippen molar-refractivity contribution in [1.82, 2.24) is 0 Å². The first-order valence-electron chi connectivity index (χ1n) is 6.30. The van der Waals surface area contributed by atoms with Gasteiger partial charge in [0, 0.05) is 11.1 Å². The van der Waals surface area contributed by atoms with Gasteiger partial charge in [-0.3, -0.25) is 0 Å². The fourth-order valence-electron chi connectivity index (χ4n) is 1.90. The predicted molar refractivity (Wildman–Crippen MR) is 73.2 cm³/mol. The highest BCUT2D eigenvalue weighted by molar-refractivity contribution is 5.92. The summed E-state index contributed by atoms with van der Waals surface area (Å²) in [5, 5.41) is 0. The van der Waals surface area contributed by atoms with E-state index in [0.29, 0.717) is 12.2 Å². The minimum atomic E-state index is -0.595. The number of rotatable bonds is 4. The first-order chi connectivity index (χ1) is 9.08. The van der Waals surface area contributed by atoms with Gasteiger partial charge in [0.1, 0.15) is 0 Å². The van der Waals surface area contributed by atoms with Crippen LogP contribution in [0.15, 0.2) is 53.1 Å². The highest BCUT2D eigenvalue weighted by atomic mass is 16.7. The maximum Gasteiger partial charge on any atom is 0.336 e. The number of carbonyl (C=O) groups is 1. The van der Waals surface area contributed by atoms with Gasteiger partial charge >= 0.3 is 5.97 Å². The topological polar surface area (TPSA) is 35.5 Å². The van der Waals surface area contributed by atoms with Crippen molar-refractivity contribution in [3.8, 4) is 0 Å². The first-order valence-corrected chi connectivity index (χ1v) is 6.30. The molecule has 1 aliphatic heterocycles. The van der Waals surface area contributed by atoms with E-state index < -0.39 is 6.29 Å². The molecular weight excluding hydrogens is 240 g/mol. The molecule has 1 atom stereocenters. The lowest BCUT2D eigenvalue weighted by atomic mass is 10.1. The SMILES string of the molecule is CC(C)=CC1=C(C)C(=O)OC1OCc1ccccc1. The standard InChI is InChI=1S/C16H18O3/c1-11(2)9-14-12(3)15(17)19-16(14)18-10-13-7-5-4-6-8-13/h4-9,16H,10H2,1-3H3. The van der Waals surface area contributed by atoms with Crippen molar-refractivity contribution in [3.63, 3.8) is 0 Å². The van der Waals surface area contributed by atoms with Crippen LogP contribution in [0.4, 0.5) is 0 Å². The Morgan fingerprint density at radius 1 is 1.32 bits per heavy atom. The molecule has 3 nitrogen and oxygen atoms in total. The molecule has 0 saturated heterocycles. The number of esters is 1. The fraction of sp³-hybridized carbons (Fsp3) is 0.312. The monoisotopic (exact) mass is 258 g/mol. The first kappa shape index (κ1) is 13.6. The smallest absolute Gasteiger partial charge is 0.336 e. The summed E-state index contributed by atoms with van der Waals surface area (Å²) in [5.41, 5.74) is 3.61. The van der Waals surface area contributed by atoms with Crippen LogP contribution in [0.3, 0.4) is 0 Å². The van der Waals surface area contributed by atoms with Gasteiger partial charge in [-0.25, -0.2) is 4.79 Å². The van der Waals surface area contributed by atoms with Crippen LogP contribution < -0.4 is 0 Å². The van der Waals surface area contributed by atoms with E-state index in [0.717, 1.165) is 16.7 Å². The molecule has 19 heavy (non-hydrogen) atoms. The summed E-state index contributed by atoms with van der Waals surface area (Å²) in [5.74, 6) is -0.300. The second-order valence-electron chi connectivity index (χ2n) is 4.84. The third-order valence-corrected chi connectivity index (χ3v) is 2.90. The van der Waals surface area contributed by atoms with Gasteiger partial charge in [0.2, 0.25) is 6.29 Å². The molecule has 1 aromatic carbocycles. The van der Waals surface area contributed by atoms with Crippen molar-refractivity contribution in [2.75, 3.05) is 0 Å². The minimum absolute atomic E-state index is 0.300. The van der Waals surface area contributed by atoms with Crippen LogP contribution in [-0.4, -0.2) is 12.3 Å². The van der Waals surface area contributed by atoms with Crippen molar-refractivity contribution < 1.29 is 14.3 Å². The van der Waals surface area contributed by atoms with E-state index >= 15 is 0 Å². The van der Waals surface area contributed by atoms with Crippen LogP contribution >= 0.6 is 0 Å². The largest absolute Gasteiger partial charge is 0.428 e. The molecule has 1 unspecified atom stereocenters. The van der Waals surface area contributed by atoms with E-state index in [1.54, 1.807) is 6.92 Å². The Morgan fingerprint density at radius 2 is 2.00 bits per heavy atom. The van der Waals surface area contributed by atoms with Crippen molar-refractivity contribution in [2.24, 2.45) is 0 Å². The average Bonchev–Trinajstić information content (AvgIpc) is 2.65. The highest BCUT2D eigenvalue weighted by Gasteiger charge is 2.30. The van der Waals surface area contributed by atoms with Crippen molar-refractivity contribution in [1.29, 1.82) is 0 Å². The Balaban J connectivity index is 2.08. The van der Waals surface area contributed by atoms with Crippen LogP contribution in [-0.2, 0) is 20.9 Å². The highest BCUT2D eigenvalue weighted by Crippen LogP contribution is 2.26. The number of benzene rings is 1. The van der Waals surface area contributed by atoms with E-state index in [1.807, 2.05) is 50.3 Å². The molecular formula is C16H18O3. The molecule has 1 aliphatic rings. The van der Waals surface area contributed by atoms with Gasteiger partial charge in [-0.1, -0.05) is 42.0 Å². The zero-order chi connectivity index (χ0) is 13.8. The third kappa shape index (κ3) is 3.32. The summed E-state index contributed by atoms with van der Waals surface area (Å²) in [7, 11) is 0. The summed E-state index contributed by atoms with van der Waals surface area (Å²) in [6.45, 7) is 6.16. The maximum absolute atomic E-state index is 11.6. The van der Waals surface area contributed by atoms with Gasteiger partial charge < -0.3 is 9.47 Å². The molecule has 0 aliphatic carbocycles. The summed E-state index contributed by atoms with van der Waals surface area (Å²) < 4.78 is 10.9. The van der Waals surface area contributed by atoms with Gasteiger partial charge in [0.15, 0.2) is 0 Å². The van der Waals surface area contributed by atoms with Crippen molar-refractivity contribution in [3.05, 3.63) is 58.7 Å². The molecule has 0 amide bonds. The molecule has 0 saturated carbocycles. The lowest BCUT2D eigenvalue weighted by molar-refractivity contribution is -0.161. The van der Waals surface area contributed by atoms with Gasteiger partial charge in [-0.05, 0) is 26.3 Å². The Hall–Kier alpha value is -1.87. The molecule has 0 fully saturated rings. The number of carbonyl (C=O) groups excluding carboxylic acids is 1. The zero-order valence-electron chi connectivity index (χ0n) is 11.5. The number of ether oxygens (including phenoxy) is 2. The molecule has 1 aromatic rings. The summed E-state index contributed by atoms with van der Waals surface area (Å²) in [4.78, 5) is 11.6. The lowest BCUT2D eigenvalue weighted by Crippen LogP contribution is -2.15. The Labute approximate surface area is 113 Å². The molecule has 0 aromatic heterocycles. The van der Waals surface area contributed by atoms with Gasteiger partial charge in [0.05, 0.1) is 6.61 Å². The van der Waals surface area contributed by atoms with Crippen molar-refractivity contribution >= 4 is 5.97 Å². The van der Waals surface area contributed by atoms with Crippen LogP contribution in [0.1, 0.15) is 26.3 Å². The summed E-state index contributed by atoms with van der Waals surface area (Å²) >= 11 is 0. The predicted octanol–water partition coefficient (Wildman–Crippen LogP) is 3.37.